The molecule has 2 heterocycles. The highest BCUT2D eigenvalue weighted by Crippen LogP contribution is 2.33. The maximum atomic E-state index is 14.0. The van der Waals surface area contributed by atoms with Crippen molar-refractivity contribution in [1.29, 1.82) is 0 Å². The van der Waals surface area contributed by atoms with Gasteiger partial charge in [0.2, 0.25) is 5.82 Å². The number of halogens is 2. The van der Waals surface area contributed by atoms with Gasteiger partial charge in [-0.05, 0) is 59.0 Å². The zero-order valence-corrected chi connectivity index (χ0v) is 18.3. The summed E-state index contributed by atoms with van der Waals surface area (Å²) in [5.41, 5.74) is 5.23. The molecule has 1 fully saturated rings. The highest BCUT2D eigenvalue weighted by Gasteiger charge is 2.44. The molecule has 7 nitrogen and oxygen atoms in total. The third kappa shape index (κ3) is 4.58. The highest BCUT2D eigenvalue weighted by molar-refractivity contribution is 9.10. The first-order valence-corrected chi connectivity index (χ1v) is 10.5. The Balaban J connectivity index is 1.93. The van der Waals surface area contributed by atoms with Crippen molar-refractivity contribution in [2.75, 3.05) is 5.32 Å². The van der Waals surface area contributed by atoms with Crippen LogP contribution in [0, 0.1) is 5.82 Å². The van der Waals surface area contributed by atoms with Crippen LogP contribution in [-0.2, 0) is 10.8 Å². The molecule has 0 amide bonds. The molecular weight excluding hydrogens is 477 g/mol. The Morgan fingerprint density at radius 3 is 2.32 bits per heavy atom. The van der Waals surface area contributed by atoms with E-state index < -0.39 is 31.8 Å². The SMILES string of the molecule is [B]c1c([B])c(N=C(N)c2nonc2NC2CC([B])([B])S(=O)C([B])([B])C2)c([B])c(Br)c1F. The summed E-state index contributed by atoms with van der Waals surface area (Å²) in [4.78, 5) is 4.10. The Labute approximate surface area is 198 Å². The lowest BCUT2D eigenvalue weighted by Crippen LogP contribution is -2.58. The summed E-state index contributed by atoms with van der Waals surface area (Å²) in [5, 5.41) is 10.4. The number of nitrogens with zero attached hydrogens (tertiary/aromatic N) is 3. The lowest BCUT2D eigenvalue weighted by molar-refractivity contribution is 0.307. The number of aromatic nitrogens is 2. The third-order valence-corrected chi connectivity index (χ3v) is 7.08. The lowest BCUT2D eigenvalue weighted by Gasteiger charge is -2.45. The molecule has 2 aromatic rings. The number of benzene rings is 1. The van der Waals surface area contributed by atoms with Crippen molar-refractivity contribution in [3.8, 4) is 0 Å². The number of nitrogens with one attached hydrogen (secondary N) is 1. The van der Waals surface area contributed by atoms with Gasteiger partial charge in [-0.15, -0.1) is 0 Å². The molecule has 31 heavy (non-hydrogen) atoms. The molecule has 0 spiro atoms. The van der Waals surface area contributed by atoms with Crippen LogP contribution < -0.4 is 27.4 Å². The van der Waals surface area contributed by atoms with E-state index in [0.717, 1.165) is 0 Å². The van der Waals surface area contributed by atoms with Gasteiger partial charge in [0, 0.05) is 10.5 Å². The molecule has 0 aliphatic carbocycles. The average molecular weight is 485 g/mol. The van der Waals surface area contributed by atoms with Gasteiger partial charge in [0.15, 0.2) is 11.5 Å². The first kappa shape index (κ1) is 24.3. The molecule has 1 aromatic carbocycles. The molecule has 1 aromatic heterocycles. The fraction of sp³-hybridized carbons (Fsp3) is 0.357. The number of aliphatic imine (C=N–C) groups is 1. The van der Waals surface area contributed by atoms with E-state index in [2.05, 4.69) is 36.6 Å². The molecule has 3 N–H and O–H groups in total. The van der Waals surface area contributed by atoms with E-state index >= 15 is 0 Å². The molecule has 0 atom stereocenters. The topological polar surface area (TPSA) is 106 Å². The molecule has 3 rings (SSSR count). The van der Waals surface area contributed by atoms with E-state index in [9.17, 15) is 8.60 Å². The van der Waals surface area contributed by atoms with Crippen LogP contribution >= 0.6 is 15.9 Å². The predicted molar refractivity (Wildman–Crippen MR) is 128 cm³/mol. The largest absolute Gasteiger partial charge is 0.382 e. The standard InChI is InChI=1S/C14H8B7BrFN5O2S/c15-4-5(16)9(6(17)7(22)8(4)23)26-11(24)10-12(28-30-27-10)25-3-1-13(18,19)31(29)14(20,21)2-3/h3H,1-2H2,(H2,24,26)(H,25,28). The van der Waals surface area contributed by atoms with Crippen molar-refractivity contribution >= 4 is 115 Å². The summed E-state index contributed by atoms with van der Waals surface area (Å²) >= 11 is 2.98. The molecule has 0 bridgehead atoms. The van der Waals surface area contributed by atoms with E-state index in [1.807, 2.05) is 0 Å². The molecule has 0 unspecified atom stereocenters. The van der Waals surface area contributed by atoms with Crippen LogP contribution in [0.1, 0.15) is 18.5 Å². The van der Waals surface area contributed by atoms with Crippen molar-refractivity contribution in [2.45, 2.75) is 28.0 Å². The predicted octanol–water partition coefficient (Wildman–Crippen LogP) is -3.31. The molecule has 0 saturated carbocycles. The monoisotopic (exact) mass is 485 g/mol. The number of hydrogen-bond acceptors (Lipinski definition) is 6. The second-order valence-electron chi connectivity index (χ2n) is 7.10. The second-order valence-corrected chi connectivity index (χ2v) is 9.95. The van der Waals surface area contributed by atoms with Gasteiger partial charge >= 0.3 is 0 Å². The van der Waals surface area contributed by atoms with Crippen LogP contribution in [0.25, 0.3) is 0 Å². The minimum absolute atomic E-state index is 0.0243. The number of rotatable bonds is 4. The summed E-state index contributed by atoms with van der Waals surface area (Å²) in [6.07, 6.45) is 0.0842. The van der Waals surface area contributed by atoms with Crippen molar-refractivity contribution in [3.63, 3.8) is 0 Å². The first-order valence-electron chi connectivity index (χ1n) is 8.58. The number of hydrogen-bond donors (Lipinski definition) is 2. The first-order chi connectivity index (χ1) is 14.3. The van der Waals surface area contributed by atoms with Crippen molar-refractivity contribution in [3.05, 3.63) is 16.0 Å². The Hall–Kier alpha value is -1.36. The van der Waals surface area contributed by atoms with Crippen LogP contribution in [0.4, 0.5) is 15.9 Å². The second kappa shape index (κ2) is 8.53. The molecule has 142 valence electrons. The van der Waals surface area contributed by atoms with Gasteiger partial charge in [-0.3, -0.25) is 4.21 Å². The zero-order valence-electron chi connectivity index (χ0n) is 15.9. The lowest BCUT2D eigenvalue weighted by atomic mass is 9.60. The Morgan fingerprint density at radius 1 is 1.16 bits per heavy atom. The van der Waals surface area contributed by atoms with Crippen LogP contribution in [0.3, 0.4) is 0 Å². The third-order valence-electron chi connectivity index (χ3n) is 4.59. The Bertz CT molecular complexity index is 1050. The fourth-order valence-corrected chi connectivity index (χ4v) is 4.93. The summed E-state index contributed by atoms with van der Waals surface area (Å²) in [6, 6.07) is -0.549. The van der Waals surface area contributed by atoms with Gasteiger partial charge in [0.25, 0.3) is 0 Å². The van der Waals surface area contributed by atoms with Crippen LogP contribution in [-0.4, -0.2) is 90.4 Å². The van der Waals surface area contributed by atoms with E-state index in [1.165, 1.54) is 0 Å². The highest BCUT2D eigenvalue weighted by atomic mass is 79.9. The molecule has 1 saturated heterocycles. The molecule has 1 aliphatic heterocycles. The fourth-order valence-electron chi connectivity index (χ4n) is 3.12. The van der Waals surface area contributed by atoms with Crippen molar-refractivity contribution in [2.24, 2.45) is 10.7 Å². The van der Waals surface area contributed by atoms with Crippen LogP contribution in [0.15, 0.2) is 14.1 Å². The van der Waals surface area contributed by atoms with E-state index in [1.54, 1.807) is 0 Å². The quantitative estimate of drug-likeness (QED) is 0.267. The number of nitrogens with two attached hydrogens (primary N) is 1. The number of amidine groups is 1. The summed E-state index contributed by atoms with van der Waals surface area (Å²) in [6.45, 7) is 0. The minimum atomic E-state index is -1.89. The number of anilines is 1. The summed E-state index contributed by atoms with van der Waals surface area (Å²) < 4.78 is 27.6. The van der Waals surface area contributed by atoms with Gasteiger partial charge in [-0.25, -0.2) is 14.0 Å². The maximum Gasteiger partial charge on any atom is 0.202 e. The zero-order chi connectivity index (χ0) is 23.3. The van der Waals surface area contributed by atoms with E-state index in [4.69, 9.17) is 65.3 Å². The molecule has 14 radical (unpaired) electrons. The molecule has 1 aliphatic rings. The molecular formula is C14H8B7BrFN5O2S. The normalized spacial score (nSPS) is 22.8. The van der Waals surface area contributed by atoms with Crippen molar-refractivity contribution < 1.29 is 13.2 Å². The van der Waals surface area contributed by atoms with Crippen molar-refractivity contribution in [1.82, 2.24) is 10.3 Å². The minimum Gasteiger partial charge on any atom is -0.382 e. The summed E-state index contributed by atoms with van der Waals surface area (Å²) in [7, 11) is 39.0. The maximum absolute atomic E-state index is 14.0. The van der Waals surface area contributed by atoms with Gasteiger partial charge < -0.3 is 11.1 Å². The van der Waals surface area contributed by atoms with Crippen LogP contribution in [0.2, 0.25) is 0 Å². The van der Waals surface area contributed by atoms with Gasteiger partial charge in [-0.2, -0.15) is 0 Å². The Kier molecular flexibility index (Phi) is 6.69. The van der Waals surface area contributed by atoms with Gasteiger partial charge in [0.1, 0.15) is 29.4 Å². The van der Waals surface area contributed by atoms with E-state index in [-0.39, 0.29) is 56.7 Å². The smallest absolute Gasteiger partial charge is 0.202 e. The average Bonchev–Trinajstić information content (AvgIpc) is 3.14. The van der Waals surface area contributed by atoms with Gasteiger partial charge in [-0.1, -0.05) is 16.4 Å². The molecule has 17 heteroatoms. The van der Waals surface area contributed by atoms with E-state index in [0.29, 0.717) is 0 Å². The van der Waals surface area contributed by atoms with Crippen LogP contribution in [0.5, 0.6) is 0 Å². The Morgan fingerprint density at radius 2 is 1.74 bits per heavy atom. The van der Waals surface area contributed by atoms with Gasteiger partial charge in [0.05, 0.1) is 37.1 Å². The summed E-state index contributed by atoms with van der Waals surface area (Å²) in [5.74, 6) is -0.999.